The third-order valence-corrected chi connectivity index (χ3v) is 3.09. The fourth-order valence-electron chi connectivity index (χ4n) is 1.79. The maximum Gasteiger partial charge on any atom is 0.123 e. The quantitative estimate of drug-likeness (QED) is 0.816. The molecule has 1 aliphatic carbocycles. The SMILES string of the molecule is COc1cc(Cl)cc(C2(N)CC2)c1C. The number of hydrogen-bond donors (Lipinski definition) is 1. The van der Waals surface area contributed by atoms with E-state index in [1.54, 1.807) is 7.11 Å². The van der Waals surface area contributed by atoms with Gasteiger partial charge >= 0.3 is 0 Å². The molecular weight excluding hydrogens is 198 g/mol. The van der Waals surface area contributed by atoms with E-state index < -0.39 is 0 Å². The van der Waals surface area contributed by atoms with Crippen LogP contribution in [0, 0.1) is 6.92 Å². The van der Waals surface area contributed by atoms with Crippen LogP contribution < -0.4 is 10.5 Å². The smallest absolute Gasteiger partial charge is 0.123 e. The molecule has 0 aliphatic heterocycles. The van der Waals surface area contributed by atoms with E-state index in [4.69, 9.17) is 22.1 Å². The predicted octanol–water partition coefficient (Wildman–Crippen LogP) is 2.60. The van der Waals surface area contributed by atoms with Gasteiger partial charge in [0, 0.05) is 10.6 Å². The van der Waals surface area contributed by atoms with Crippen LogP contribution in [-0.4, -0.2) is 7.11 Å². The van der Waals surface area contributed by atoms with Gasteiger partial charge in [-0.3, -0.25) is 0 Å². The zero-order valence-electron chi connectivity index (χ0n) is 8.43. The highest BCUT2D eigenvalue weighted by Gasteiger charge is 2.41. The Labute approximate surface area is 89.0 Å². The molecule has 1 aliphatic rings. The fraction of sp³-hybridized carbons (Fsp3) is 0.455. The van der Waals surface area contributed by atoms with Crippen LogP contribution in [-0.2, 0) is 5.54 Å². The summed E-state index contributed by atoms with van der Waals surface area (Å²) >= 11 is 6.00. The molecule has 0 amide bonds. The molecule has 1 aromatic rings. The van der Waals surface area contributed by atoms with Gasteiger partial charge in [0.2, 0.25) is 0 Å². The highest BCUT2D eigenvalue weighted by Crippen LogP contribution is 2.46. The van der Waals surface area contributed by atoms with E-state index in [0.717, 1.165) is 29.7 Å². The van der Waals surface area contributed by atoms with Crippen LogP contribution in [0.2, 0.25) is 5.02 Å². The van der Waals surface area contributed by atoms with Gasteiger partial charge in [0.05, 0.1) is 7.11 Å². The van der Waals surface area contributed by atoms with Crippen LogP contribution in [0.1, 0.15) is 24.0 Å². The van der Waals surface area contributed by atoms with Gasteiger partial charge in [0.1, 0.15) is 5.75 Å². The maximum absolute atomic E-state index is 6.15. The van der Waals surface area contributed by atoms with Crippen molar-refractivity contribution in [3.8, 4) is 5.75 Å². The van der Waals surface area contributed by atoms with Crippen molar-refractivity contribution in [3.05, 3.63) is 28.3 Å². The Morgan fingerprint density at radius 2 is 2.07 bits per heavy atom. The monoisotopic (exact) mass is 211 g/mol. The summed E-state index contributed by atoms with van der Waals surface area (Å²) in [6, 6.07) is 3.78. The average Bonchev–Trinajstić information content (AvgIpc) is 2.88. The first-order valence-electron chi connectivity index (χ1n) is 4.70. The number of nitrogens with two attached hydrogens (primary N) is 1. The minimum Gasteiger partial charge on any atom is -0.496 e. The summed E-state index contributed by atoms with van der Waals surface area (Å²) in [4.78, 5) is 0. The summed E-state index contributed by atoms with van der Waals surface area (Å²) < 4.78 is 5.25. The van der Waals surface area contributed by atoms with Crippen molar-refractivity contribution in [2.24, 2.45) is 5.73 Å². The van der Waals surface area contributed by atoms with Crippen molar-refractivity contribution in [2.75, 3.05) is 7.11 Å². The van der Waals surface area contributed by atoms with Crippen molar-refractivity contribution in [1.82, 2.24) is 0 Å². The zero-order chi connectivity index (χ0) is 10.3. The van der Waals surface area contributed by atoms with Crippen molar-refractivity contribution in [3.63, 3.8) is 0 Å². The molecule has 2 nitrogen and oxygen atoms in total. The lowest BCUT2D eigenvalue weighted by molar-refractivity contribution is 0.410. The van der Waals surface area contributed by atoms with Crippen LogP contribution in [0.3, 0.4) is 0 Å². The second-order valence-electron chi connectivity index (χ2n) is 3.94. The van der Waals surface area contributed by atoms with E-state index in [0.29, 0.717) is 5.02 Å². The molecule has 14 heavy (non-hydrogen) atoms. The van der Waals surface area contributed by atoms with Gasteiger partial charge < -0.3 is 10.5 Å². The molecule has 0 heterocycles. The minimum atomic E-state index is -0.151. The third-order valence-electron chi connectivity index (χ3n) is 2.87. The molecule has 0 radical (unpaired) electrons. The normalized spacial score (nSPS) is 18.0. The first-order valence-corrected chi connectivity index (χ1v) is 5.08. The van der Waals surface area contributed by atoms with Gasteiger partial charge in [-0.05, 0) is 43.0 Å². The van der Waals surface area contributed by atoms with E-state index in [1.807, 2.05) is 19.1 Å². The van der Waals surface area contributed by atoms with Crippen LogP contribution >= 0.6 is 11.6 Å². The molecule has 1 fully saturated rings. The minimum absolute atomic E-state index is 0.151. The van der Waals surface area contributed by atoms with Gasteiger partial charge in [-0.25, -0.2) is 0 Å². The molecule has 76 valence electrons. The first kappa shape index (κ1) is 9.81. The molecule has 3 heteroatoms. The Balaban J connectivity index is 2.54. The second-order valence-corrected chi connectivity index (χ2v) is 4.37. The number of hydrogen-bond acceptors (Lipinski definition) is 2. The fourth-order valence-corrected chi connectivity index (χ4v) is 2.00. The molecule has 0 unspecified atom stereocenters. The van der Waals surface area contributed by atoms with E-state index >= 15 is 0 Å². The summed E-state index contributed by atoms with van der Waals surface area (Å²) in [6.45, 7) is 2.03. The van der Waals surface area contributed by atoms with Crippen molar-refractivity contribution in [2.45, 2.75) is 25.3 Å². The summed E-state index contributed by atoms with van der Waals surface area (Å²) in [5.74, 6) is 0.823. The van der Waals surface area contributed by atoms with Crippen molar-refractivity contribution >= 4 is 11.6 Å². The molecule has 0 saturated heterocycles. The standard InChI is InChI=1S/C11H14ClNO/c1-7-9(11(13)3-4-11)5-8(12)6-10(7)14-2/h5-6H,3-4,13H2,1-2H3. The molecular formula is C11H14ClNO. The lowest BCUT2D eigenvalue weighted by Gasteiger charge is -2.16. The van der Waals surface area contributed by atoms with Crippen LogP contribution in [0.15, 0.2) is 12.1 Å². The molecule has 0 atom stereocenters. The largest absolute Gasteiger partial charge is 0.496 e. The summed E-state index contributed by atoms with van der Waals surface area (Å²) in [5.41, 5.74) is 8.23. The topological polar surface area (TPSA) is 35.2 Å². The highest BCUT2D eigenvalue weighted by molar-refractivity contribution is 6.30. The van der Waals surface area contributed by atoms with E-state index in [9.17, 15) is 0 Å². The Morgan fingerprint density at radius 3 is 2.57 bits per heavy atom. The summed E-state index contributed by atoms with van der Waals surface area (Å²) in [6.07, 6.45) is 2.08. The zero-order valence-corrected chi connectivity index (χ0v) is 9.19. The van der Waals surface area contributed by atoms with E-state index in [1.165, 1.54) is 0 Å². The lowest BCUT2D eigenvalue weighted by atomic mass is 9.99. The van der Waals surface area contributed by atoms with Crippen LogP contribution in [0.4, 0.5) is 0 Å². The van der Waals surface area contributed by atoms with Crippen LogP contribution in [0.25, 0.3) is 0 Å². The van der Waals surface area contributed by atoms with Crippen molar-refractivity contribution < 1.29 is 4.74 Å². The number of halogens is 1. The lowest BCUT2D eigenvalue weighted by Crippen LogP contribution is -2.20. The molecule has 1 aromatic carbocycles. The van der Waals surface area contributed by atoms with Gasteiger partial charge in [0.25, 0.3) is 0 Å². The second kappa shape index (κ2) is 3.14. The molecule has 2 N–H and O–H groups in total. The molecule has 1 saturated carbocycles. The van der Waals surface area contributed by atoms with E-state index in [-0.39, 0.29) is 5.54 Å². The van der Waals surface area contributed by atoms with Crippen LogP contribution in [0.5, 0.6) is 5.75 Å². The van der Waals surface area contributed by atoms with Crippen molar-refractivity contribution in [1.29, 1.82) is 0 Å². The number of methoxy groups -OCH3 is 1. The Kier molecular flexibility index (Phi) is 2.20. The molecule has 2 rings (SSSR count). The number of benzene rings is 1. The molecule has 0 aromatic heterocycles. The number of ether oxygens (including phenoxy) is 1. The predicted molar refractivity (Wildman–Crippen MR) is 57.8 cm³/mol. The summed E-state index contributed by atoms with van der Waals surface area (Å²) in [7, 11) is 1.65. The van der Waals surface area contributed by atoms with E-state index in [2.05, 4.69) is 0 Å². The summed E-state index contributed by atoms with van der Waals surface area (Å²) in [5, 5.41) is 0.694. The molecule has 0 bridgehead atoms. The highest BCUT2D eigenvalue weighted by atomic mass is 35.5. The average molecular weight is 212 g/mol. The van der Waals surface area contributed by atoms with Gasteiger partial charge in [-0.2, -0.15) is 0 Å². The Hall–Kier alpha value is -0.730. The Morgan fingerprint density at radius 1 is 1.43 bits per heavy atom. The van der Waals surface area contributed by atoms with Gasteiger partial charge in [-0.1, -0.05) is 11.6 Å². The Bertz CT molecular complexity index is 372. The number of rotatable bonds is 2. The first-order chi connectivity index (χ1) is 6.57. The maximum atomic E-state index is 6.15. The van der Waals surface area contributed by atoms with Gasteiger partial charge in [-0.15, -0.1) is 0 Å². The van der Waals surface area contributed by atoms with Gasteiger partial charge in [0.15, 0.2) is 0 Å². The molecule has 0 spiro atoms. The third kappa shape index (κ3) is 1.49.